The highest BCUT2D eigenvalue weighted by molar-refractivity contribution is 6.14. The number of rotatable bonds is 5. The van der Waals surface area contributed by atoms with Gasteiger partial charge in [0, 0.05) is 66.2 Å². The third-order valence-corrected chi connectivity index (χ3v) is 10.9. The summed E-state index contributed by atoms with van der Waals surface area (Å²) in [5, 5.41) is -0.929. The highest BCUT2D eigenvalue weighted by Crippen LogP contribution is 2.53. The van der Waals surface area contributed by atoms with Gasteiger partial charge in [-0.1, -0.05) is 173 Å². The lowest BCUT2D eigenvalue weighted by atomic mass is 9.82. The van der Waals surface area contributed by atoms with Gasteiger partial charge in [0.1, 0.15) is 11.2 Å². The Morgan fingerprint density at radius 1 is 0.467 bits per heavy atom. The molecule has 9 aromatic carbocycles. The molecule has 0 radical (unpaired) electrons. The van der Waals surface area contributed by atoms with Crippen LogP contribution in [-0.2, 0) is 10.8 Å². The van der Waals surface area contributed by atoms with E-state index < -0.39 is 266 Å². The van der Waals surface area contributed by atoms with E-state index in [1.165, 1.54) is 6.07 Å². The van der Waals surface area contributed by atoms with Crippen LogP contribution in [0.4, 0.5) is 17.1 Å². The first-order valence-electron chi connectivity index (χ1n) is 35.3. The molecule has 60 heavy (non-hydrogen) atoms. The smallest absolute Gasteiger partial charge is 0.143 e. The molecule has 2 aliphatic rings. The third kappa shape index (κ3) is 4.94. The van der Waals surface area contributed by atoms with Crippen LogP contribution >= 0.6 is 0 Å². The van der Waals surface area contributed by atoms with Crippen molar-refractivity contribution in [3.8, 4) is 44.5 Å². The number of para-hydroxylation sites is 2. The van der Waals surface area contributed by atoms with E-state index in [4.69, 9.17) is 38.7 Å². The van der Waals surface area contributed by atoms with Gasteiger partial charge in [0.2, 0.25) is 0 Å². The monoisotopic (exact) mass is 804 g/mol. The van der Waals surface area contributed by atoms with Crippen LogP contribution in [-0.4, -0.2) is 0 Å². The molecule has 0 N–H and O–H groups in total. The molecule has 1 aromatic heterocycles. The van der Waals surface area contributed by atoms with Gasteiger partial charge >= 0.3 is 0 Å². The second kappa shape index (κ2) is 12.7. The lowest BCUT2D eigenvalue weighted by Crippen LogP contribution is -2.18. The summed E-state index contributed by atoms with van der Waals surface area (Å²) in [7, 11) is 0. The van der Waals surface area contributed by atoms with Crippen molar-refractivity contribution >= 4 is 49.8 Å². The Morgan fingerprint density at radius 2 is 1.22 bits per heavy atom. The SMILES string of the molecule is [2H]c1cc2c(c([2H])c1[2H])-c1c([2H])cc(N(c3ccc4c(c3[2H])C(C([2H])([2H])[2H])(C([2H])([2H])[2H])c3c([2H])c([2H])c([2H])c([2H])c3-4)c3c([2H])c([2H])c(-c4cc([2H])c5ccc([2H])c([2H])c5c4-c4c([2H])c([2H])cc5c4oc4c([2H])c([2H])c([2H])c([2H])c45)c([2H])c3[2H])cc1C2(C([2H])([2H])[2H])C([2H])([2H])[2H]. The predicted molar refractivity (Wildman–Crippen MR) is 252 cm³/mol. The van der Waals surface area contributed by atoms with Gasteiger partial charge in [-0.15, -0.1) is 0 Å². The fraction of sp³-hybridized carbons (Fsp3) is 0.103. The zero-order chi connectivity index (χ0) is 69.5. The largest absolute Gasteiger partial charge is 0.455 e. The highest BCUT2D eigenvalue weighted by Gasteiger charge is 2.37. The average molecular weight is 804 g/mol. The van der Waals surface area contributed by atoms with Crippen molar-refractivity contribution in [2.45, 2.75) is 38.2 Å². The molecular formula is C58H43NO. The Labute approximate surface area is 398 Å². The zero-order valence-electron chi connectivity index (χ0n) is 64.6. The first-order valence-corrected chi connectivity index (χ1v) is 18.3. The Morgan fingerprint density at radius 3 is 2.10 bits per heavy atom. The van der Waals surface area contributed by atoms with Gasteiger partial charge in [0.25, 0.3) is 0 Å². The van der Waals surface area contributed by atoms with E-state index in [1.807, 2.05) is 0 Å². The van der Waals surface area contributed by atoms with Crippen LogP contribution in [0.25, 0.3) is 77.2 Å². The molecule has 0 spiro atoms. The second-order valence-corrected chi connectivity index (χ2v) is 14.2. The van der Waals surface area contributed by atoms with Gasteiger partial charge < -0.3 is 9.32 Å². The summed E-state index contributed by atoms with van der Waals surface area (Å²) in [6.07, 6.45) is 0. The second-order valence-electron chi connectivity index (χ2n) is 14.2. The molecule has 0 amide bonds. The van der Waals surface area contributed by atoms with Crippen LogP contribution in [0.3, 0.4) is 0 Å². The molecule has 10 aromatic rings. The van der Waals surface area contributed by atoms with Gasteiger partial charge in [-0.2, -0.15) is 0 Å². The number of fused-ring (bicyclic) bond motifs is 10. The molecule has 2 heteroatoms. The van der Waals surface area contributed by atoms with Crippen molar-refractivity contribution in [3.05, 3.63) is 210 Å². The van der Waals surface area contributed by atoms with E-state index in [1.54, 1.807) is 0 Å². The number of hydrogen-bond acceptors (Lipinski definition) is 2. The maximum Gasteiger partial charge on any atom is 0.143 e. The maximum atomic E-state index is 10.2. The molecule has 1 heterocycles. The minimum atomic E-state index is -3.89. The summed E-state index contributed by atoms with van der Waals surface area (Å²) in [5.41, 5.74) is -18.6. The Bertz CT molecular complexity index is 5070. The molecule has 0 aliphatic heterocycles. The first kappa shape index (κ1) is 14.8. The first-order chi connectivity index (χ1) is 43.4. The molecule has 12 rings (SSSR count). The molecule has 0 atom stereocenters. The van der Waals surface area contributed by atoms with Crippen molar-refractivity contribution in [3.63, 3.8) is 0 Å². The van der Waals surface area contributed by atoms with E-state index in [-0.39, 0.29) is 21.5 Å². The standard InChI is InChI=1S/C58H43NO/c1-57(2)50-21-10-7-16-43(50)45-32-29-39(34-52(45)57)59(40-30-33-46-44-17-8-11-22-51(44)58(3,4)53(46)35-40)38-27-24-37(25-28-38)42-31-26-36-14-5-6-15-41(36)55(42)49-20-13-19-48-47-18-9-12-23-54(47)60-56(48)49/h5-35H,1-4H3/i1D3,2D3,3D3,4D3,6D,7D,8D,9D,10D,11D,12D,13D,15D,16D,17D,18D,20D,21D,23D,24D,25D,26D,27D,28D,33D,34D. The minimum absolute atomic E-state index is 0.119. The van der Waals surface area contributed by atoms with Gasteiger partial charge in [-0.3, -0.25) is 0 Å². The van der Waals surface area contributed by atoms with Crippen molar-refractivity contribution < 1.29 is 51.0 Å². The van der Waals surface area contributed by atoms with E-state index in [2.05, 4.69) is 0 Å². The average Bonchev–Trinajstić information content (AvgIpc) is 1.50. The van der Waals surface area contributed by atoms with Crippen LogP contribution in [0.5, 0.6) is 0 Å². The number of anilines is 3. The molecule has 0 fully saturated rings. The van der Waals surface area contributed by atoms with Gasteiger partial charge in [-0.25, -0.2) is 0 Å². The third-order valence-electron chi connectivity index (χ3n) is 10.9. The Balaban J connectivity index is 1.26. The topological polar surface area (TPSA) is 16.4 Å². The van der Waals surface area contributed by atoms with Gasteiger partial charge in [0.05, 0.1) is 30.2 Å². The van der Waals surface area contributed by atoms with Crippen LogP contribution < -0.4 is 4.90 Å². The van der Waals surface area contributed by atoms with Crippen LogP contribution in [0.15, 0.2) is 192 Å². The molecule has 2 aliphatic carbocycles. The number of benzene rings is 9. The Hall–Kier alpha value is -7.16. The van der Waals surface area contributed by atoms with E-state index in [0.29, 0.717) is 4.90 Å². The van der Waals surface area contributed by atoms with Crippen molar-refractivity contribution in [1.82, 2.24) is 0 Å². The summed E-state index contributed by atoms with van der Waals surface area (Å²) in [4.78, 5) is 0.625. The molecule has 0 bridgehead atoms. The molecule has 0 unspecified atom stereocenters. The molecule has 0 saturated carbocycles. The molecule has 2 nitrogen and oxygen atoms in total. The summed E-state index contributed by atoms with van der Waals surface area (Å²) in [6, 6.07) is -10.3. The normalized spacial score (nSPS) is 23.2. The number of furan rings is 1. The van der Waals surface area contributed by atoms with Crippen LogP contribution in [0.1, 0.15) is 96.3 Å². The minimum Gasteiger partial charge on any atom is -0.455 e. The maximum absolute atomic E-state index is 10.2. The van der Waals surface area contributed by atoms with E-state index in [9.17, 15) is 12.3 Å². The van der Waals surface area contributed by atoms with Crippen LogP contribution in [0, 0.1) is 0 Å². The lowest BCUT2D eigenvalue weighted by Gasteiger charge is -2.30. The summed E-state index contributed by atoms with van der Waals surface area (Å²) in [5.74, 6) is 0. The predicted octanol–water partition coefficient (Wildman–Crippen LogP) is 16.2. The number of hydrogen-bond donors (Lipinski definition) is 0. The van der Waals surface area contributed by atoms with E-state index >= 15 is 0 Å². The molecular weight excluding hydrogens is 727 g/mol. The number of nitrogens with zero attached hydrogens (tertiary/aromatic N) is 1. The van der Waals surface area contributed by atoms with E-state index in [0.717, 1.165) is 48.5 Å². The molecule has 286 valence electrons. The molecule has 0 saturated heterocycles. The summed E-state index contributed by atoms with van der Waals surface area (Å²) >= 11 is 0. The van der Waals surface area contributed by atoms with Crippen molar-refractivity contribution in [2.75, 3.05) is 4.90 Å². The summed E-state index contributed by atoms with van der Waals surface area (Å²) in [6.45, 7) is -15.3. The fourth-order valence-corrected chi connectivity index (χ4v) is 8.18. The lowest BCUT2D eigenvalue weighted by molar-refractivity contribution is 0.660. The highest BCUT2D eigenvalue weighted by atomic mass is 16.3. The van der Waals surface area contributed by atoms with Gasteiger partial charge in [-0.05, 0) is 109 Å². The van der Waals surface area contributed by atoms with Crippen molar-refractivity contribution in [2.24, 2.45) is 0 Å². The fourth-order valence-electron chi connectivity index (χ4n) is 8.18. The summed E-state index contributed by atoms with van der Waals surface area (Å²) < 4.78 is 317. The Kier molecular flexibility index (Phi) is 3.13. The van der Waals surface area contributed by atoms with Gasteiger partial charge in [0.15, 0.2) is 0 Å². The van der Waals surface area contributed by atoms with Crippen molar-refractivity contribution in [1.29, 1.82) is 0 Å². The van der Waals surface area contributed by atoms with Crippen LogP contribution in [0.2, 0.25) is 0 Å². The zero-order valence-corrected chi connectivity index (χ0v) is 30.6. The quantitative estimate of drug-likeness (QED) is 0.172.